The molecule has 0 unspecified atom stereocenters. The van der Waals surface area contributed by atoms with E-state index in [9.17, 15) is 0 Å². The molecule has 4 heteroatoms. The van der Waals surface area contributed by atoms with Crippen LogP contribution in [0.5, 0.6) is 5.75 Å². The molecule has 0 radical (unpaired) electrons. The molecule has 1 aromatic carbocycles. The summed E-state index contributed by atoms with van der Waals surface area (Å²) >= 11 is 1.79. The van der Waals surface area contributed by atoms with Gasteiger partial charge in [-0.25, -0.2) is 0 Å². The highest BCUT2D eigenvalue weighted by Gasteiger charge is 2.05. The molecule has 0 saturated carbocycles. The van der Waals surface area contributed by atoms with E-state index in [1.165, 1.54) is 16.0 Å². The van der Waals surface area contributed by atoms with Gasteiger partial charge in [0.05, 0.1) is 0 Å². The Morgan fingerprint density at radius 1 is 1.25 bits per heavy atom. The number of thiophene rings is 1. The predicted octanol–water partition coefficient (Wildman–Crippen LogP) is 4.67. The Morgan fingerprint density at radius 2 is 2.05 bits per heavy atom. The first-order valence-corrected chi connectivity index (χ1v) is 10.5. The zero-order valence-corrected chi connectivity index (χ0v) is 14.5. The lowest BCUT2D eigenvalue weighted by atomic mass is 10.2. The Kier molecular flexibility index (Phi) is 5.15. The summed E-state index contributed by atoms with van der Waals surface area (Å²) < 4.78 is 5.97. The van der Waals surface area contributed by atoms with Crippen molar-refractivity contribution in [2.75, 3.05) is 0 Å². The van der Waals surface area contributed by atoms with Gasteiger partial charge in [0.1, 0.15) is 11.4 Å². The summed E-state index contributed by atoms with van der Waals surface area (Å²) in [5, 5.41) is 2.13. The molecule has 1 heterocycles. The average molecular weight is 304 g/mol. The lowest BCUT2D eigenvalue weighted by molar-refractivity contribution is 0.581. The summed E-state index contributed by atoms with van der Waals surface area (Å²) in [6, 6.07) is 8.35. The smallest absolute Gasteiger partial charge is 0.229 e. The van der Waals surface area contributed by atoms with Crippen LogP contribution in [0.3, 0.4) is 0 Å². The van der Waals surface area contributed by atoms with E-state index in [0.717, 1.165) is 17.9 Å². The molecule has 0 saturated heterocycles. The van der Waals surface area contributed by atoms with Crippen LogP contribution in [0.25, 0.3) is 0 Å². The third-order valence-electron chi connectivity index (χ3n) is 2.95. The first-order chi connectivity index (χ1) is 9.56. The molecule has 0 spiro atoms. The zero-order chi connectivity index (χ0) is 14.5. The van der Waals surface area contributed by atoms with Gasteiger partial charge in [-0.05, 0) is 61.6 Å². The van der Waals surface area contributed by atoms with Gasteiger partial charge in [-0.3, -0.25) is 4.99 Å². The molecule has 106 valence electrons. The van der Waals surface area contributed by atoms with E-state index in [0.29, 0.717) is 0 Å². The van der Waals surface area contributed by atoms with Crippen molar-refractivity contribution >= 4 is 32.3 Å². The summed E-state index contributed by atoms with van der Waals surface area (Å²) in [5.41, 5.74) is 3.49. The van der Waals surface area contributed by atoms with Crippen LogP contribution in [0.2, 0.25) is 13.1 Å². The Labute approximate surface area is 126 Å². The molecule has 0 aliphatic carbocycles. The summed E-state index contributed by atoms with van der Waals surface area (Å²) in [6.45, 7) is 8.57. The van der Waals surface area contributed by atoms with Gasteiger partial charge in [0.15, 0.2) is 0 Å². The maximum absolute atomic E-state index is 5.97. The SMILES string of the molecule is Cc1ccc(N=CCc2sccc2C)c(O[SiH](C)C)c1. The third-order valence-corrected chi connectivity index (χ3v) is 4.72. The van der Waals surface area contributed by atoms with Gasteiger partial charge in [0, 0.05) is 17.5 Å². The molecule has 0 bridgehead atoms. The van der Waals surface area contributed by atoms with Crippen molar-refractivity contribution in [3.63, 3.8) is 0 Å². The largest absolute Gasteiger partial charge is 0.546 e. The molecule has 0 atom stereocenters. The number of benzene rings is 1. The van der Waals surface area contributed by atoms with E-state index in [4.69, 9.17) is 4.43 Å². The predicted molar refractivity (Wildman–Crippen MR) is 91.6 cm³/mol. The summed E-state index contributed by atoms with van der Waals surface area (Å²) in [5.74, 6) is 0.922. The quantitative estimate of drug-likeness (QED) is 0.581. The fraction of sp³-hybridized carbons (Fsp3) is 0.312. The van der Waals surface area contributed by atoms with E-state index in [-0.39, 0.29) is 0 Å². The summed E-state index contributed by atoms with van der Waals surface area (Å²) in [6.07, 6.45) is 2.87. The maximum Gasteiger partial charge on any atom is 0.229 e. The molecule has 2 rings (SSSR count). The van der Waals surface area contributed by atoms with E-state index in [2.05, 4.69) is 55.5 Å². The highest BCUT2D eigenvalue weighted by molar-refractivity contribution is 7.10. The van der Waals surface area contributed by atoms with Gasteiger partial charge in [-0.2, -0.15) is 0 Å². The highest BCUT2D eigenvalue weighted by atomic mass is 32.1. The van der Waals surface area contributed by atoms with Crippen molar-refractivity contribution in [1.82, 2.24) is 0 Å². The van der Waals surface area contributed by atoms with Crippen LogP contribution >= 0.6 is 11.3 Å². The van der Waals surface area contributed by atoms with Crippen LogP contribution < -0.4 is 4.43 Å². The van der Waals surface area contributed by atoms with Crippen LogP contribution in [-0.4, -0.2) is 15.3 Å². The normalized spacial score (nSPS) is 11.4. The van der Waals surface area contributed by atoms with Gasteiger partial charge < -0.3 is 4.43 Å². The van der Waals surface area contributed by atoms with Gasteiger partial charge in [0.25, 0.3) is 0 Å². The number of nitrogens with zero attached hydrogens (tertiary/aromatic N) is 1. The molecule has 0 aliphatic rings. The Balaban J connectivity index is 2.14. The van der Waals surface area contributed by atoms with E-state index < -0.39 is 9.04 Å². The molecule has 1 aromatic heterocycles. The van der Waals surface area contributed by atoms with Crippen LogP contribution in [0.15, 0.2) is 34.6 Å². The van der Waals surface area contributed by atoms with Crippen molar-refractivity contribution in [3.8, 4) is 5.75 Å². The standard InChI is InChI=1S/C16H21NOSSi/c1-12-5-6-14(15(11-12)18-20(3)4)17-9-7-16-13(2)8-10-19-16/h5-6,8-11,20H,7H2,1-4H3. The summed E-state index contributed by atoms with van der Waals surface area (Å²) in [4.78, 5) is 5.97. The number of aliphatic imine (C=N–C) groups is 1. The fourth-order valence-electron chi connectivity index (χ4n) is 1.92. The minimum Gasteiger partial charge on any atom is -0.546 e. The van der Waals surface area contributed by atoms with Crippen LogP contribution in [0.1, 0.15) is 16.0 Å². The van der Waals surface area contributed by atoms with Gasteiger partial charge >= 0.3 is 0 Å². The Bertz CT molecular complexity index is 604. The Hall–Kier alpha value is -1.39. The van der Waals surface area contributed by atoms with Gasteiger partial charge in [-0.15, -0.1) is 11.3 Å². The molecule has 0 aliphatic heterocycles. The Morgan fingerprint density at radius 3 is 2.70 bits per heavy atom. The maximum atomic E-state index is 5.97. The minimum atomic E-state index is -1.11. The second-order valence-corrected chi connectivity index (χ2v) is 8.51. The fourth-order valence-corrected chi connectivity index (χ4v) is 3.47. The number of aryl methyl sites for hydroxylation is 2. The number of hydrogen-bond acceptors (Lipinski definition) is 3. The van der Waals surface area contributed by atoms with Crippen molar-refractivity contribution in [3.05, 3.63) is 45.6 Å². The zero-order valence-electron chi connectivity index (χ0n) is 12.5. The van der Waals surface area contributed by atoms with E-state index in [1.54, 1.807) is 11.3 Å². The van der Waals surface area contributed by atoms with E-state index >= 15 is 0 Å². The summed E-state index contributed by atoms with van der Waals surface area (Å²) in [7, 11) is -1.11. The first kappa shape index (κ1) is 15.0. The number of rotatable bonds is 5. The first-order valence-electron chi connectivity index (χ1n) is 6.89. The van der Waals surface area contributed by atoms with Gasteiger partial charge in [-0.1, -0.05) is 6.07 Å². The molecule has 2 aromatic rings. The number of hydrogen-bond donors (Lipinski definition) is 0. The topological polar surface area (TPSA) is 21.6 Å². The minimum absolute atomic E-state index is 0.885. The van der Waals surface area contributed by atoms with Crippen molar-refractivity contribution in [2.24, 2.45) is 4.99 Å². The van der Waals surface area contributed by atoms with Crippen molar-refractivity contribution < 1.29 is 4.43 Å². The van der Waals surface area contributed by atoms with Crippen molar-refractivity contribution in [2.45, 2.75) is 33.4 Å². The highest BCUT2D eigenvalue weighted by Crippen LogP contribution is 2.29. The second kappa shape index (κ2) is 6.86. The molecule has 0 amide bonds. The molecular weight excluding hydrogens is 282 g/mol. The average Bonchev–Trinajstić information content (AvgIpc) is 2.77. The van der Waals surface area contributed by atoms with Crippen LogP contribution in [0.4, 0.5) is 5.69 Å². The molecule has 0 fully saturated rings. The second-order valence-electron chi connectivity index (χ2n) is 5.18. The molecule has 2 nitrogen and oxygen atoms in total. The van der Waals surface area contributed by atoms with Crippen LogP contribution in [0, 0.1) is 13.8 Å². The molecular formula is C16H21NOSSi. The van der Waals surface area contributed by atoms with Crippen molar-refractivity contribution in [1.29, 1.82) is 0 Å². The monoisotopic (exact) mass is 303 g/mol. The molecule has 20 heavy (non-hydrogen) atoms. The third kappa shape index (κ3) is 4.05. The van der Waals surface area contributed by atoms with E-state index in [1.807, 2.05) is 12.3 Å². The van der Waals surface area contributed by atoms with Crippen LogP contribution in [-0.2, 0) is 6.42 Å². The van der Waals surface area contributed by atoms with Gasteiger partial charge in [0.2, 0.25) is 9.04 Å². The lowest BCUT2D eigenvalue weighted by Gasteiger charge is -2.12. The molecule has 0 N–H and O–H groups in total. The lowest BCUT2D eigenvalue weighted by Crippen LogP contribution is -2.11.